The van der Waals surface area contributed by atoms with Crippen molar-refractivity contribution in [1.82, 2.24) is 5.32 Å². The molecule has 0 radical (unpaired) electrons. The molecule has 0 aliphatic heterocycles. The molecule has 0 heterocycles. The zero-order chi connectivity index (χ0) is 13.1. The Labute approximate surface area is 107 Å². The number of rotatable bonds is 10. The van der Waals surface area contributed by atoms with Crippen LogP contribution in [0.4, 0.5) is 0 Å². The Kier molecular flexibility index (Phi) is 10.2. The molecule has 0 aliphatic carbocycles. The van der Waals surface area contributed by atoms with Crippen molar-refractivity contribution in [1.29, 1.82) is 0 Å². The summed E-state index contributed by atoms with van der Waals surface area (Å²) in [6.45, 7) is 8.14. The van der Waals surface area contributed by atoms with Gasteiger partial charge >= 0.3 is 0 Å². The first kappa shape index (κ1) is 16.4. The summed E-state index contributed by atoms with van der Waals surface area (Å²) >= 11 is 0. The van der Waals surface area contributed by atoms with E-state index in [1.807, 2.05) is 0 Å². The van der Waals surface area contributed by atoms with Crippen molar-refractivity contribution in [2.45, 2.75) is 59.3 Å². The molecule has 0 saturated carbocycles. The van der Waals surface area contributed by atoms with Crippen LogP contribution in [0.25, 0.3) is 0 Å². The van der Waals surface area contributed by atoms with Crippen molar-refractivity contribution in [2.75, 3.05) is 13.1 Å². The highest BCUT2D eigenvalue weighted by molar-refractivity contribution is 5.75. The Balaban J connectivity index is 3.65. The van der Waals surface area contributed by atoms with Crippen molar-refractivity contribution >= 4 is 5.91 Å². The third-order valence-corrected chi connectivity index (χ3v) is 3.32. The van der Waals surface area contributed by atoms with Gasteiger partial charge in [-0.2, -0.15) is 0 Å². The summed E-state index contributed by atoms with van der Waals surface area (Å²) < 4.78 is 0. The first-order valence-electron chi connectivity index (χ1n) is 7.08. The molecule has 0 rings (SSSR count). The summed E-state index contributed by atoms with van der Waals surface area (Å²) in [6, 6.07) is 0. The Bertz CT molecular complexity index is 193. The fourth-order valence-electron chi connectivity index (χ4n) is 2.03. The third kappa shape index (κ3) is 9.16. The molecule has 3 N–H and O–H groups in total. The summed E-state index contributed by atoms with van der Waals surface area (Å²) in [6.07, 6.45) is 6.13. The highest BCUT2D eigenvalue weighted by Gasteiger charge is 2.14. The van der Waals surface area contributed by atoms with E-state index in [0.717, 1.165) is 32.4 Å². The van der Waals surface area contributed by atoms with Gasteiger partial charge in [-0.1, -0.05) is 33.6 Å². The van der Waals surface area contributed by atoms with E-state index < -0.39 is 0 Å². The fourth-order valence-corrected chi connectivity index (χ4v) is 2.03. The van der Waals surface area contributed by atoms with Crippen molar-refractivity contribution in [3.8, 4) is 0 Å². The lowest BCUT2D eigenvalue weighted by molar-refractivity contribution is -0.121. The Morgan fingerprint density at radius 3 is 2.47 bits per heavy atom. The molecule has 0 aromatic rings. The van der Waals surface area contributed by atoms with Crippen LogP contribution < -0.4 is 11.1 Å². The Morgan fingerprint density at radius 1 is 1.24 bits per heavy atom. The van der Waals surface area contributed by atoms with E-state index in [1.165, 1.54) is 12.8 Å². The average molecular weight is 242 g/mol. The highest BCUT2D eigenvalue weighted by Crippen LogP contribution is 2.20. The molecule has 1 amide bonds. The summed E-state index contributed by atoms with van der Waals surface area (Å²) in [5.41, 5.74) is 5.59. The second-order valence-corrected chi connectivity index (χ2v) is 5.18. The minimum atomic E-state index is 0.198. The van der Waals surface area contributed by atoms with Crippen LogP contribution in [0.15, 0.2) is 0 Å². The zero-order valence-electron chi connectivity index (χ0n) is 11.8. The quantitative estimate of drug-likeness (QED) is 0.579. The lowest BCUT2D eigenvalue weighted by Gasteiger charge is -2.19. The second kappa shape index (κ2) is 10.6. The van der Waals surface area contributed by atoms with Gasteiger partial charge in [-0.25, -0.2) is 0 Å². The van der Waals surface area contributed by atoms with Gasteiger partial charge < -0.3 is 11.1 Å². The molecule has 0 spiro atoms. The van der Waals surface area contributed by atoms with Gasteiger partial charge in [-0.05, 0) is 37.6 Å². The number of hydrogen-bond donors (Lipinski definition) is 2. The van der Waals surface area contributed by atoms with Crippen LogP contribution >= 0.6 is 0 Å². The van der Waals surface area contributed by atoms with Crippen molar-refractivity contribution in [3.63, 3.8) is 0 Å². The maximum absolute atomic E-state index is 11.6. The van der Waals surface area contributed by atoms with Crippen LogP contribution in [0.3, 0.4) is 0 Å². The summed E-state index contributed by atoms with van der Waals surface area (Å²) in [5, 5.41) is 2.98. The largest absolute Gasteiger partial charge is 0.356 e. The van der Waals surface area contributed by atoms with E-state index in [2.05, 4.69) is 26.1 Å². The lowest BCUT2D eigenvalue weighted by Crippen LogP contribution is -2.25. The molecule has 0 aromatic heterocycles. The SMILES string of the molecule is CCCCCNC(=O)CCC(CCN)C(C)C. The van der Waals surface area contributed by atoms with Gasteiger partial charge in [0.15, 0.2) is 0 Å². The third-order valence-electron chi connectivity index (χ3n) is 3.32. The number of carbonyl (C=O) groups excluding carboxylic acids is 1. The number of carbonyl (C=O) groups is 1. The van der Waals surface area contributed by atoms with Crippen LogP contribution in [0, 0.1) is 11.8 Å². The number of nitrogens with one attached hydrogen (secondary N) is 1. The van der Waals surface area contributed by atoms with Crippen molar-refractivity contribution in [2.24, 2.45) is 17.6 Å². The van der Waals surface area contributed by atoms with Crippen LogP contribution in [0.5, 0.6) is 0 Å². The Hall–Kier alpha value is -0.570. The normalized spacial score (nSPS) is 12.8. The molecule has 1 unspecified atom stereocenters. The summed E-state index contributed by atoms with van der Waals surface area (Å²) in [5.74, 6) is 1.40. The summed E-state index contributed by atoms with van der Waals surface area (Å²) in [7, 11) is 0. The standard InChI is InChI=1S/C14H30N2O/c1-4-5-6-11-16-14(17)8-7-13(9-10-15)12(2)3/h12-13H,4-11,15H2,1-3H3,(H,16,17). The predicted molar refractivity (Wildman–Crippen MR) is 73.8 cm³/mol. The molecule has 0 aromatic carbocycles. The van der Waals surface area contributed by atoms with Gasteiger partial charge in [0.05, 0.1) is 0 Å². The van der Waals surface area contributed by atoms with E-state index in [0.29, 0.717) is 18.3 Å². The highest BCUT2D eigenvalue weighted by atomic mass is 16.1. The van der Waals surface area contributed by atoms with Crippen LogP contribution in [-0.2, 0) is 4.79 Å². The minimum absolute atomic E-state index is 0.198. The number of amides is 1. The van der Waals surface area contributed by atoms with Gasteiger partial charge in [-0.3, -0.25) is 4.79 Å². The van der Waals surface area contributed by atoms with Gasteiger partial charge in [0.1, 0.15) is 0 Å². The maximum atomic E-state index is 11.6. The number of hydrogen-bond acceptors (Lipinski definition) is 2. The molecule has 0 bridgehead atoms. The van der Waals surface area contributed by atoms with E-state index in [1.54, 1.807) is 0 Å². The molecule has 0 aliphatic rings. The molecular formula is C14H30N2O. The van der Waals surface area contributed by atoms with E-state index >= 15 is 0 Å². The fraction of sp³-hybridized carbons (Fsp3) is 0.929. The van der Waals surface area contributed by atoms with Gasteiger partial charge in [0, 0.05) is 13.0 Å². The zero-order valence-corrected chi connectivity index (χ0v) is 11.8. The second-order valence-electron chi connectivity index (χ2n) is 5.18. The average Bonchev–Trinajstić information content (AvgIpc) is 2.29. The molecule has 17 heavy (non-hydrogen) atoms. The van der Waals surface area contributed by atoms with Crippen LogP contribution in [0.1, 0.15) is 59.3 Å². The molecule has 3 heteroatoms. The first-order valence-corrected chi connectivity index (χ1v) is 7.08. The predicted octanol–water partition coefficient (Wildman–Crippen LogP) is 2.69. The molecule has 3 nitrogen and oxygen atoms in total. The van der Waals surface area contributed by atoms with E-state index in [4.69, 9.17) is 5.73 Å². The smallest absolute Gasteiger partial charge is 0.220 e. The van der Waals surface area contributed by atoms with Crippen LogP contribution in [0.2, 0.25) is 0 Å². The first-order chi connectivity index (χ1) is 8.11. The van der Waals surface area contributed by atoms with E-state index in [-0.39, 0.29) is 5.91 Å². The monoisotopic (exact) mass is 242 g/mol. The molecule has 1 atom stereocenters. The molecule has 0 saturated heterocycles. The van der Waals surface area contributed by atoms with Crippen LogP contribution in [-0.4, -0.2) is 19.0 Å². The Morgan fingerprint density at radius 2 is 1.94 bits per heavy atom. The van der Waals surface area contributed by atoms with Gasteiger partial charge in [0.2, 0.25) is 5.91 Å². The maximum Gasteiger partial charge on any atom is 0.220 e. The van der Waals surface area contributed by atoms with E-state index in [9.17, 15) is 4.79 Å². The molecule has 102 valence electrons. The molecular weight excluding hydrogens is 212 g/mol. The van der Waals surface area contributed by atoms with Crippen molar-refractivity contribution < 1.29 is 4.79 Å². The number of unbranched alkanes of at least 4 members (excludes halogenated alkanes) is 2. The van der Waals surface area contributed by atoms with Gasteiger partial charge in [0.25, 0.3) is 0 Å². The molecule has 0 fully saturated rings. The minimum Gasteiger partial charge on any atom is -0.356 e. The topological polar surface area (TPSA) is 55.1 Å². The van der Waals surface area contributed by atoms with Gasteiger partial charge in [-0.15, -0.1) is 0 Å². The summed E-state index contributed by atoms with van der Waals surface area (Å²) in [4.78, 5) is 11.6. The number of nitrogens with two attached hydrogens (primary N) is 1. The van der Waals surface area contributed by atoms with Crippen molar-refractivity contribution in [3.05, 3.63) is 0 Å². The lowest BCUT2D eigenvalue weighted by atomic mass is 9.88.